The number of hydrogen-bond acceptors (Lipinski definition) is 1. The van der Waals surface area contributed by atoms with Crippen LogP contribution in [0.3, 0.4) is 0 Å². The Morgan fingerprint density at radius 1 is 1.04 bits per heavy atom. The largest absolute Gasteiger partial charge is 0.416 e. The summed E-state index contributed by atoms with van der Waals surface area (Å²) in [5.41, 5.74) is 3.29. The summed E-state index contributed by atoms with van der Waals surface area (Å²) in [6.45, 7) is 6.05. The fraction of sp³-hybridized carbons (Fsp3) is 0.278. The van der Waals surface area contributed by atoms with Crippen LogP contribution in [0, 0.1) is 13.8 Å². The van der Waals surface area contributed by atoms with Gasteiger partial charge in [0.25, 0.3) is 0 Å². The highest BCUT2D eigenvalue weighted by atomic mass is 32.1. The quantitative estimate of drug-likeness (QED) is 0.726. The monoisotopic (exact) mass is 352 g/mol. The number of alkyl halides is 3. The molecule has 0 aromatic heterocycles. The van der Waals surface area contributed by atoms with E-state index in [1.165, 1.54) is 17.7 Å². The summed E-state index contributed by atoms with van der Waals surface area (Å²) in [5, 5.41) is 6.42. The fourth-order valence-electron chi connectivity index (χ4n) is 2.50. The Labute approximate surface area is 145 Å². The minimum Gasteiger partial charge on any atom is -0.356 e. The van der Waals surface area contributed by atoms with Crippen LogP contribution in [0.25, 0.3) is 0 Å². The van der Waals surface area contributed by atoms with Gasteiger partial charge >= 0.3 is 6.18 Å². The molecule has 0 fully saturated rings. The first-order valence-corrected chi connectivity index (χ1v) is 7.89. The Kier molecular flexibility index (Phi) is 5.49. The van der Waals surface area contributed by atoms with E-state index < -0.39 is 11.7 Å². The molecular formula is C18H19F3N2S. The van der Waals surface area contributed by atoms with E-state index in [1.54, 1.807) is 0 Å². The molecule has 0 saturated carbocycles. The number of hydrogen-bond donors (Lipinski definition) is 2. The van der Waals surface area contributed by atoms with Crippen molar-refractivity contribution in [1.82, 2.24) is 5.32 Å². The molecule has 128 valence electrons. The molecule has 0 aliphatic rings. The van der Waals surface area contributed by atoms with Crippen LogP contribution >= 0.6 is 12.2 Å². The van der Waals surface area contributed by atoms with E-state index in [0.29, 0.717) is 10.8 Å². The second-order valence-corrected chi connectivity index (χ2v) is 6.16. The first-order chi connectivity index (χ1) is 11.2. The maximum atomic E-state index is 12.5. The van der Waals surface area contributed by atoms with Crippen LogP contribution < -0.4 is 10.6 Å². The zero-order valence-corrected chi connectivity index (χ0v) is 14.5. The predicted octanol–water partition coefficient (Wildman–Crippen LogP) is 5.37. The normalized spacial score (nSPS) is 12.6. The minimum absolute atomic E-state index is 0.0138. The van der Waals surface area contributed by atoms with Crippen LogP contribution in [0.5, 0.6) is 0 Å². The molecule has 2 rings (SSSR count). The van der Waals surface area contributed by atoms with Crippen molar-refractivity contribution in [2.45, 2.75) is 33.0 Å². The predicted molar refractivity (Wildman–Crippen MR) is 95.1 cm³/mol. The van der Waals surface area contributed by atoms with Crippen molar-refractivity contribution < 1.29 is 13.2 Å². The summed E-state index contributed by atoms with van der Waals surface area (Å²) < 4.78 is 37.6. The SMILES string of the molecule is Cc1ccc([C@H](C)NC(=S)Nc2ccc(C(F)(F)F)cc2)c(C)c1. The molecule has 2 N–H and O–H groups in total. The Morgan fingerprint density at radius 2 is 1.67 bits per heavy atom. The third-order valence-corrected chi connectivity index (χ3v) is 3.93. The lowest BCUT2D eigenvalue weighted by molar-refractivity contribution is -0.137. The Balaban J connectivity index is 2.00. The number of nitrogens with one attached hydrogen (secondary N) is 2. The highest BCUT2D eigenvalue weighted by Crippen LogP contribution is 2.29. The van der Waals surface area contributed by atoms with Crippen LogP contribution in [0.4, 0.5) is 18.9 Å². The molecule has 0 bridgehead atoms. The lowest BCUT2D eigenvalue weighted by Crippen LogP contribution is -2.31. The van der Waals surface area contributed by atoms with Gasteiger partial charge in [-0.2, -0.15) is 13.2 Å². The molecule has 2 aromatic carbocycles. The molecule has 0 amide bonds. The number of aryl methyl sites for hydroxylation is 2. The van der Waals surface area contributed by atoms with Crippen molar-refractivity contribution in [3.8, 4) is 0 Å². The second kappa shape index (κ2) is 7.21. The van der Waals surface area contributed by atoms with E-state index >= 15 is 0 Å². The second-order valence-electron chi connectivity index (χ2n) is 5.76. The van der Waals surface area contributed by atoms with Gasteiger partial charge in [-0.25, -0.2) is 0 Å². The van der Waals surface area contributed by atoms with Crippen LogP contribution in [0.1, 0.15) is 35.2 Å². The third-order valence-electron chi connectivity index (χ3n) is 3.71. The van der Waals surface area contributed by atoms with Gasteiger partial charge in [0.05, 0.1) is 11.6 Å². The van der Waals surface area contributed by atoms with E-state index in [1.807, 2.05) is 32.9 Å². The number of benzene rings is 2. The molecule has 1 atom stereocenters. The van der Waals surface area contributed by atoms with Crippen molar-refractivity contribution in [2.75, 3.05) is 5.32 Å². The molecule has 0 heterocycles. The first-order valence-electron chi connectivity index (χ1n) is 7.49. The Morgan fingerprint density at radius 3 is 2.21 bits per heavy atom. The van der Waals surface area contributed by atoms with Gasteiger partial charge in [0.15, 0.2) is 5.11 Å². The van der Waals surface area contributed by atoms with E-state index in [9.17, 15) is 13.2 Å². The van der Waals surface area contributed by atoms with E-state index in [0.717, 1.165) is 23.3 Å². The highest BCUT2D eigenvalue weighted by molar-refractivity contribution is 7.80. The van der Waals surface area contributed by atoms with Gasteiger partial charge in [0.2, 0.25) is 0 Å². The summed E-state index contributed by atoms with van der Waals surface area (Å²) in [6.07, 6.45) is -4.34. The molecular weight excluding hydrogens is 333 g/mol. The summed E-state index contributed by atoms with van der Waals surface area (Å²) in [4.78, 5) is 0. The van der Waals surface area contributed by atoms with E-state index in [-0.39, 0.29) is 6.04 Å². The average Bonchev–Trinajstić information content (AvgIpc) is 2.46. The molecule has 0 spiro atoms. The van der Waals surface area contributed by atoms with Crippen molar-refractivity contribution in [3.05, 3.63) is 64.7 Å². The lowest BCUT2D eigenvalue weighted by Gasteiger charge is -2.19. The molecule has 0 aliphatic heterocycles. The van der Waals surface area contributed by atoms with Gasteiger partial charge in [-0.15, -0.1) is 0 Å². The summed E-state index contributed by atoms with van der Waals surface area (Å²) in [7, 11) is 0. The smallest absolute Gasteiger partial charge is 0.356 e. The molecule has 0 radical (unpaired) electrons. The van der Waals surface area contributed by atoms with Gasteiger partial charge < -0.3 is 10.6 Å². The van der Waals surface area contributed by atoms with Gasteiger partial charge in [0.1, 0.15) is 0 Å². The van der Waals surface area contributed by atoms with Crippen LogP contribution in [0.2, 0.25) is 0 Å². The van der Waals surface area contributed by atoms with Gasteiger partial charge in [0, 0.05) is 5.69 Å². The molecule has 2 nitrogen and oxygen atoms in total. The van der Waals surface area contributed by atoms with Crippen molar-refractivity contribution in [1.29, 1.82) is 0 Å². The maximum absolute atomic E-state index is 12.5. The summed E-state index contributed by atoms with van der Waals surface area (Å²) >= 11 is 5.24. The summed E-state index contributed by atoms with van der Waals surface area (Å²) in [6, 6.07) is 10.9. The molecule has 2 aromatic rings. The standard InChI is InChI=1S/C18H19F3N2S/c1-11-4-9-16(12(2)10-11)13(3)22-17(24)23-15-7-5-14(6-8-15)18(19,20)21/h4-10,13H,1-3H3,(H2,22,23,24)/t13-/m0/s1. The lowest BCUT2D eigenvalue weighted by atomic mass is 10.0. The zero-order chi connectivity index (χ0) is 17.9. The third kappa shape index (κ3) is 4.71. The number of halogens is 3. The average molecular weight is 352 g/mol. The summed E-state index contributed by atoms with van der Waals surface area (Å²) in [5.74, 6) is 0. The molecule has 6 heteroatoms. The van der Waals surface area contributed by atoms with Crippen LogP contribution in [-0.4, -0.2) is 5.11 Å². The van der Waals surface area contributed by atoms with Gasteiger partial charge in [-0.05, 0) is 68.4 Å². The number of anilines is 1. The van der Waals surface area contributed by atoms with Gasteiger partial charge in [-0.1, -0.05) is 23.8 Å². The molecule has 0 unspecified atom stereocenters. The molecule has 24 heavy (non-hydrogen) atoms. The number of rotatable bonds is 3. The minimum atomic E-state index is -4.34. The van der Waals surface area contributed by atoms with Crippen molar-refractivity contribution >= 4 is 23.0 Å². The van der Waals surface area contributed by atoms with Crippen LogP contribution in [-0.2, 0) is 6.18 Å². The zero-order valence-electron chi connectivity index (χ0n) is 13.7. The van der Waals surface area contributed by atoms with Crippen molar-refractivity contribution in [2.24, 2.45) is 0 Å². The molecule has 0 aliphatic carbocycles. The fourth-order valence-corrected chi connectivity index (χ4v) is 2.79. The Hall–Kier alpha value is -2.08. The van der Waals surface area contributed by atoms with Gasteiger partial charge in [-0.3, -0.25) is 0 Å². The molecule has 0 saturated heterocycles. The topological polar surface area (TPSA) is 24.1 Å². The number of thiocarbonyl (C=S) groups is 1. The van der Waals surface area contributed by atoms with E-state index in [2.05, 4.69) is 16.7 Å². The van der Waals surface area contributed by atoms with E-state index in [4.69, 9.17) is 12.2 Å². The van der Waals surface area contributed by atoms with Crippen molar-refractivity contribution in [3.63, 3.8) is 0 Å². The van der Waals surface area contributed by atoms with Crippen LogP contribution in [0.15, 0.2) is 42.5 Å². The Bertz CT molecular complexity index is 724. The maximum Gasteiger partial charge on any atom is 0.416 e. The highest BCUT2D eigenvalue weighted by Gasteiger charge is 2.29. The first kappa shape index (κ1) is 18.3.